The molecule has 0 bridgehead atoms. The average Bonchev–Trinajstić information content (AvgIpc) is 2.30. The Morgan fingerprint density at radius 2 is 1.89 bits per heavy atom. The summed E-state index contributed by atoms with van der Waals surface area (Å²) < 4.78 is 5.64. The number of piperidine rings is 1. The fourth-order valence-electron chi connectivity index (χ4n) is 2.54. The molecule has 18 heavy (non-hydrogen) atoms. The Balaban J connectivity index is 2.29. The molecule has 0 aromatic heterocycles. The van der Waals surface area contributed by atoms with Gasteiger partial charge in [0.15, 0.2) is 5.60 Å². The molecule has 0 aromatic carbocycles. The van der Waals surface area contributed by atoms with Gasteiger partial charge in [-0.15, -0.1) is 0 Å². The zero-order valence-corrected chi connectivity index (χ0v) is 12.5. The summed E-state index contributed by atoms with van der Waals surface area (Å²) in [5.74, 6) is 0. The summed E-state index contributed by atoms with van der Waals surface area (Å²) in [6.07, 6.45) is 4.22. The van der Waals surface area contributed by atoms with E-state index in [0.29, 0.717) is 12.0 Å². The van der Waals surface area contributed by atoms with Crippen LogP contribution in [0.2, 0.25) is 0 Å². The first kappa shape index (κ1) is 15.5. The second kappa shape index (κ2) is 6.54. The molecule has 3 nitrogen and oxygen atoms in total. The van der Waals surface area contributed by atoms with Gasteiger partial charge in [0, 0.05) is 32.5 Å². The van der Waals surface area contributed by atoms with Gasteiger partial charge in [0.2, 0.25) is 0 Å². The molecule has 1 aliphatic heterocycles. The highest BCUT2D eigenvalue weighted by atomic mass is 16.5. The SMILES string of the molecule is CCOC1(C#N)CCN(CCCC(C)(C)C)CC1. The van der Waals surface area contributed by atoms with E-state index < -0.39 is 5.60 Å². The number of hydrogen-bond donors (Lipinski definition) is 0. The number of ether oxygens (including phenoxy) is 1. The van der Waals surface area contributed by atoms with E-state index in [-0.39, 0.29) is 0 Å². The largest absolute Gasteiger partial charge is 0.360 e. The van der Waals surface area contributed by atoms with E-state index in [2.05, 4.69) is 31.7 Å². The van der Waals surface area contributed by atoms with Gasteiger partial charge in [-0.3, -0.25) is 0 Å². The van der Waals surface area contributed by atoms with Crippen molar-refractivity contribution in [2.24, 2.45) is 5.41 Å². The number of nitrogens with zero attached hydrogens (tertiary/aromatic N) is 2. The quantitative estimate of drug-likeness (QED) is 0.754. The summed E-state index contributed by atoms with van der Waals surface area (Å²) in [6.45, 7) is 12.6. The van der Waals surface area contributed by atoms with Crippen LogP contribution in [0.15, 0.2) is 0 Å². The van der Waals surface area contributed by atoms with Gasteiger partial charge in [-0.2, -0.15) is 5.26 Å². The van der Waals surface area contributed by atoms with Crippen LogP contribution in [0.3, 0.4) is 0 Å². The van der Waals surface area contributed by atoms with E-state index in [1.165, 1.54) is 12.8 Å². The highest BCUT2D eigenvalue weighted by Crippen LogP contribution is 2.27. The third-order valence-electron chi connectivity index (χ3n) is 3.69. The predicted octanol–water partition coefficient (Wildman–Crippen LogP) is 3.21. The van der Waals surface area contributed by atoms with Gasteiger partial charge >= 0.3 is 0 Å². The van der Waals surface area contributed by atoms with E-state index in [1.54, 1.807) is 0 Å². The second-order valence-electron chi connectivity index (χ2n) is 6.54. The smallest absolute Gasteiger partial charge is 0.156 e. The number of nitriles is 1. The average molecular weight is 252 g/mol. The second-order valence-corrected chi connectivity index (χ2v) is 6.54. The molecule has 0 spiro atoms. The summed E-state index contributed by atoms with van der Waals surface area (Å²) in [5, 5.41) is 9.25. The first-order valence-corrected chi connectivity index (χ1v) is 7.18. The standard InChI is InChI=1S/C15H28N2O/c1-5-18-15(13-16)8-11-17(12-9-15)10-6-7-14(2,3)4/h5-12H2,1-4H3. The molecule has 0 aromatic rings. The molecule has 0 aliphatic carbocycles. The zero-order chi connectivity index (χ0) is 13.6. The molecule has 0 radical (unpaired) electrons. The van der Waals surface area contributed by atoms with Crippen LogP contribution in [-0.4, -0.2) is 36.7 Å². The highest BCUT2D eigenvalue weighted by Gasteiger charge is 2.35. The Morgan fingerprint density at radius 1 is 1.28 bits per heavy atom. The van der Waals surface area contributed by atoms with E-state index in [0.717, 1.165) is 32.5 Å². The van der Waals surface area contributed by atoms with Crippen LogP contribution < -0.4 is 0 Å². The third kappa shape index (κ3) is 4.96. The van der Waals surface area contributed by atoms with Gasteiger partial charge in [-0.05, 0) is 31.7 Å². The van der Waals surface area contributed by atoms with Crippen LogP contribution in [-0.2, 0) is 4.74 Å². The van der Waals surface area contributed by atoms with Crippen LogP contribution in [0.5, 0.6) is 0 Å². The Bertz CT molecular complexity index is 280. The van der Waals surface area contributed by atoms with Crippen LogP contribution in [0.1, 0.15) is 53.4 Å². The van der Waals surface area contributed by atoms with Crippen LogP contribution in [0, 0.1) is 16.7 Å². The zero-order valence-electron chi connectivity index (χ0n) is 12.5. The number of likely N-dealkylation sites (tertiary alicyclic amines) is 1. The fraction of sp³-hybridized carbons (Fsp3) is 0.933. The molecule has 1 saturated heterocycles. The molecule has 1 rings (SSSR count). The van der Waals surface area contributed by atoms with Crippen molar-refractivity contribution < 1.29 is 4.74 Å². The van der Waals surface area contributed by atoms with Crippen molar-refractivity contribution >= 4 is 0 Å². The maximum atomic E-state index is 9.25. The van der Waals surface area contributed by atoms with E-state index in [1.807, 2.05) is 6.92 Å². The van der Waals surface area contributed by atoms with Gasteiger partial charge in [0.05, 0.1) is 6.07 Å². The summed E-state index contributed by atoms with van der Waals surface area (Å²) in [5.41, 5.74) is -0.0766. The Kier molecular flexibility index (Phi) is 5.62. The van der Waals surface area contributed by atoms with E-state index in [4.69, 9.17) is 4.74 Å². The minimum atomic E-state index is -0.505. The lowest BCUT2D eigenvalue weighted by Gasteiger charge is -2.37. The maximum Gasteiger partial charge on any atom is 0.156 e. The molecular formula is C15H28N2O. The molecule has 1 aliphatic rings. The highest BCUT2D eigenvalue weighted by molar-refractivity contribution is 5.04. The molecule has 1 heterocycles. The van der Waals surface area contributed by atoms with Gasteiger partial charge in [-0.25, -0.2) is 0 Å². The minimum Gasteiger partial charge on any atom is -0.360 e. The molecule has 0 amide bonds. The minimum absolute atomic E-state index is 0.428. The van der Waals surface area contributed by atoms with Crippen molar-refractivity contribution in [2.75, 3.05) is 26.2 Å². The number of rotatable bonds is 5. The van der Waals surface area contributed by atoms with Crippen LogP contribution in [0.4, 0.5) is 0 Å². The first-order valence-electron chi connectivity index (χ1n) is 7.18. The van der Waals surface area contributed by atoms with Crippen molar-refractivity contribution in [1.82, 2.24) is 4.90 Å². The Labute approximate surface area is 112 Å². The fourth-order valence-corrected chi connectivity index (χ4v) is 2.54. The molecule has 3 heteroatoms. The lowest BCUT2D eigenvalue weighted by Crippen LogP contribution is -2.45. The molecule has 0 N–H and O–H groups in total. The molecule has 0 unspecified atom stereocenters. The summed E-state index contributed by atoms with van der Waals surface area (Å²) in [4.78, 5) is 2.47. The van der Waals surface area contributed by atoms with Crippen molar-refractivity contribution in [1.29, 1.82) is 5.26 Å². The monoisotopic (exact) mass is 252 g/mol. The molecule has 104 valence electrons. The summed E-state index contributed by atoms with van der Waals surface area (Å²) in [6, 6.07) is 2.37. The van der Waals surface area contributed by atoms with Crippen LogP contribution in [0.25, 0.3) is 0 Å². The van der Waals surface area contributed by atoms with Crippen molar-refractivity contribution in [3.63, 3.8) is 0 Å². The van der Waals surface area contributed by atoms with Gasteiger partial charge in [0.1, 0.15) is 0 Å². The molecular weight excluding hydrogens is 224 g/mol. The van der Waals surface area contributed by atoms with Crippen LogP contribution >= 0.6 is 0 Å². The van der Waals surface area contributed by atoms with Crippen molar-refractivity contribution in [3.05, 3.63) is 0 Å². The molecule has 1 fully saturated rings. The Hall–Kier alpha value is -0.590. The first-order chi connectivity index (χ1) is 8.41. The summed E-state index contributed by atoms with van der Waals surface area (Å²) >= 11 is 0. The topological polar surface area (TPSA) is 36.3 Å². The summed E-state index contributed by atoms with van der Waals surface area (Å²) in [7, 11) is 0. The van der Waals surface area contributed by atoms with Gasteiger partial charge in [-0.1, -0.05) is 20.8 Å². The molecule has 0 saturated carbocycles. The third-order valence-corrected chi connectivity index (χ3v) is 3.69. The van der Waals surface area contributed by atoms with Gasteiger partial charge in [0.25, 0.3) is 0 Å². The maximum absolute atomic E-state index is 9.25. The predicted molar refractivity (Wildman–Crippen MR) is 74.3 cm³/mol. The van der Waals surface area contributed by atoms with Gasteiger partial charge < -0.3 is 9.64 Å². The lowest BCUT2D eigenvalue weighted by atomic mass is 9.89. The van der Waals surface area contributed by atoms with Crippen molar-refractivity contribution in [3.8, 4) is 6.07 Å². The van der Waals surface area contributed by atoms with E-state index >= 15 is 0 Å². The van der Waals surface area contributed by atoms with E-state index in [9.17, 15) is 5.26 Å². The number of hydrogen-bond acceptors (Lipinski definition) is 3. The normalized spacial score (nSPS) is 20.6. The molecule has 0 atom stereocenters. The van der Waals surface area contributed by atoms with Crippen molar-refractivity contribution in [2.45, 2.75) is 59.0 Å². The lowest BCUT2D eigenvalue weighted by molar-refractivity contribution is -0.0389. The Morgan fingerprint density at radius 3 is 2.33 bits per heavy atom.